The van der Waals surface area contributed by atoms with Crippen LogP contribution in [0.25, 0.3) is 10.2 Å². The number of aromatic nitrogens is 1. The molecule has 2 aromatic carbocycles. The van der Waals surface area contributed by atoms with E-state index in [-0.39, 0.29) is 11.3 Å². The lowest BCUT2D eigenvalue weighted by Crippen LogP contribution is -2.19. The second-order valence-electron chi connectivity index (χ2n) is 5.37. The number of nitrogens with zero attached hydrogens (tertiary/aromatic N) is 3. The molecule has 0 saturated heterocycles. The van der Waals surface area contributed by atoms with Crippen LogP contribution in [-0.4, -0.2) is 29.1 Å². The molecular formula is C17H14BrN3O4S. The Hall–Kier alpha value is -2.36. The molecule has 0 aliphatic rings. The third kappa shape index (κ3) is 3.90. The van der Waals surface area contributed by atoms with Crippen LogP contribution in [0.15, 0.2) is 51.9 Å². The van der Waals surface area contributed by atoms with Crippen molar-refractivity contribution in [3.8, 4) is 0 Å². The van der Waals surface area contributed by atoms with Crippen LogP contribution in [0.4, 0.5) is 5.69 Å². The normalized spacial score (nSPS) is 11.8. The molecule has 0 unspecified atom stereocenters. The van der Waals surface area contributed by atoms with Crippen LogP contribution in [0.5, 0.6) is 0 Å². The van der Waals surface area contributed by atoms with Gasteiger partial charge in [-0.05, 0) is 24.3 Å². The Kier molecular flexibility index (Phi) is 5.60. The van der Waals surface area contributed by atoms with Crippen LogP contribution in [0.3, 0.4) is 0 Å². The first kappa shape index (κ1) is 18.4. The summed E-state index contributed by atoms with van der Waals surface area (Å²) in [6.45, 7) is 1.01. The fraction of sp³-hybridized carbons (Fsp3) is 0.176. The Morgan fingerprint density at radius 1 is 1.35 bits per heavy atom. The van der Waals surface area contributed by atoms with E-state index in [0.717, 1.165) is 14.7 Å². The molecule has 1 aromatic heterocycles. The van der Waals surface area contributed by atoms with E-state index in [1.807, 2.05) is 22.8 Å². The van der Waals surface area contributed by atoms with E-state index < -0.39 is 10.8 Å². The Labute approximate surface area is 160 Å². The summed E-state index contributed by atoms with van der Waals surface area (Å²) in [7, 11) is 1.61. The number of nitro groups is 1. The van der Waals surface area contributed by atoms with Crippen LogP contribution >= 0.6 is 27.3 Å². The Morgan fingerprint density at radius 3 is 2.88 bits per heavy atom. The van der Waals surface area contributed by atoms with Crippen molar-refractivity contribution in [2.75, 3.05) is 13.7 Å². The van der Waals surface area contributed by atoms with Crippen LogP contribution in [0.1, 0.15) is 10.4 Å². The van der Waals surface area contributed by atoms with Crippen molar-refractivity contribution in [1.82, 2.24) is 4.57 Å². The average Bonchev–Trinajstić information content (AvgIpc) is 2.95. The van der Waals surface area contributed by atoms with Gasteiger partial charge in [-0.1, -0.05) is 33.3 Å². The minimum Gasteiger partial charge on any atom is -0.383 e. The van der Waals surface area contributed by atoms with Gasteiger partial charge in [0.2, 0.25) is 0 Å². The van der Waals surface area contributed by atoms with Crippen molar-refractivity contribution in [2.45, 2.75) is 6.54 Å². The molecular weight excluding hydrogens is 422 g/mol. The molecule has 0 bridgehead atoms. The number of thiazole rings is 1. The van der Waals surface area contributed by atoms with Gasteiger partial charge in [-0.3, -0.25) is 14.9 Å². The van der Waals surface area contributed by atoms with Gasteiger partial charge in [-0.25, -0.2) is 0 Å². The maximum atomic E-state index is 12.5. The summed E-state index contributed by atoms with van der Waals surface area (Å²) in [5, 5.41) is 10.9. The highest BCUT2D eigenvalue weighted by atomic mass is 79.9. The number of fused-ring (bicyclic) bond motifs is 1. The molecule has 26 heavy (non-hydrogen) atoms. The zero-order valence-corrected chi connectivity index (χ0v) is 16.1. The van der Waals surface area contributed by atoms with Gasteiger partial charge in [0, 0.05) is 35.8 Å². The summed E-state index contributed by atoms with van der Waals surface area (Å²) < 4.78 is 8.96. The van der Waals surface area contributed by atoms with Gasteiger partial charge in [0.15, 0.2) is 4.80 Å². The fourth-order valence-electron chi connectivity index (χ4n) is 2.43. The second-order valence-corrected chi connectivity index (χ2v) is 7.29. The molecule has 1 heterocycles. The topological polar surface area (TPSA) is 86.7 Å². The van der Waals surface area contributed by atoms with Gasteiger partial charge in [-0.2, -0.15) is 4.99 Å². The highest BCUT2D eigenvalue weighted by Crippen LogP contribution is 2.22. The SMILES string of the molecule is COCCn1c(=NC(=O)c2cccc([N+](=O)[O-])c2)sc2cc(Br)ccc21. The van der Waals surface area contributed by atoms with Gasteiger partial charge in [0.05, 0.1) is 21.7 Å². The van der Waals surface area contributed by atoms with Crippen LogP contribution in [0, 0.1) is 10.1 Å². The number of rotatable bonds is 5. The van der Waals surface area contributed by atoms with Crippen molar-refractivity contribution in [2.24, 2.45) is 4.99 Å². The fourth-order valence-corrected chi connectivity index (χ4v) is 4.04. The molecule has 7 nitrogen and oxygen atoms in total. The van der Waals surface area contributed by atoms with E-state index >= 15 is 0 Å². The third-order valence-corrected chi connectivity index (χ3v) is 5.20. The molecule has 3 aromatic rings. The molecule has 9 heteroatoms. The number of benzene rings is 2. The second kappa shape index (κ2) is 7.90. The zero-order chi connectivity index (χ0) is 18.7. The Bertz CT molecular complexity index is 1060. The Balaban J connectivity index is 2.09. The lowest BCUT2D eigenvalue weighted by molar-refractivity contribution is -0.384. The van der Waals surface area contributed by atoms with Gasteiger partial charge >= 0.3 is 0 Å². The summed E-state index contributed by atoms with van der Waals surface area (Å²) in [6, 6.07) is 11.4. The maximum absolute atomic E-state index is 12.5. The first-order valence-electron chi connectivity index (χ1n) is 7.61. The van der Waals surface area contributed by atoms with E-state index in [1.165, 1.54) is 35.6 Å². The number of methoxy groups -OCH3 is 1. The largest absolute Gasteiger partial charge is 0.383 e. The minimum atomic E-state index is -0.535. The number of ether oxygens (including phenoxy) is 1. The predicted molar refractivity (Wildman–Crippen MR) is 102 cm³/mol. The van der Waals surface area contributed by atoms with Gasteiger partial charge in [-0.15, -0.1) is 0 Å². The minimum absolute atomic E-state index is 0.140. The van der Waals surface area contributed by atoms with Gasteiger partial charge in [0.25, 0.3) is 11.6 Å². The summed E-state index contributed by atoms with van der Waals surface area (Å²) in [4.78, 5) is 27.6. The standard InChI is InChI=1S/C17H14BrN3O4S/c1-25-8-7-20-14-6-5-12(18)10-15(14)26-17(20)19-16(22)11-3-2-4-13(9-11)21(23)24/h2-6,9-10H,7-8H2,1H3. The molecule has 134 valence electrons. The average molecular weight is 436 g/mol. The molecule has 0 aliphatic carbocycles. The van der Waals surface area contributed by atoms with Crippen molar-refractivity contribution in [3.63, 3.8) is 0 Å². The van der Waals surface area contributed by atoms with Gasteiger partial charge in [0.1, 0.15) is 0 Å². The number of hydrogen-bond donors (Lipinski definition) is 0. The lowest BCUT2D eigenvalue weighted by Gasteiger charge is -2.04. The molecule has 0 saturated carbocycles. The number of carbonyl (C=O) groups is 1. The number of non-ortho nitro benzene ring substituents is 1. The van der Waals surface area contributed by atoms with E-state index in [0.29, 0.717) is 18.0 Å². The molecule has 0 radical (unpaired) electrons. The maximum Gasteiger partial charge on any atom is 0.279 e. The van der Waals surface area contributed by atoms with E-state index in [4.69, 9.17) is 4.74 Å². The summed E-state index contributed by atoms with van der Waals surface area (Å²) >= 11 is 4.82. The molecule has 3 rings (SSSR count). The first-order valence-corrected chi connectivity index (χ1v) is 9.22. The van der Waals surface area contributed by atoms with Crippen molar-refractivity contribution in [1.29, 1.82) is 0 Å². The number of amides is 1. The third-order valence-electron chi connectivity index (χ3n) is 3.66. The Morgan fingerprint density at radius 2 is 2.15 bits per heavy atom. The molecule has 1 amide bonds. The summed E-state index contributed by atoms with van der Waals surface area (Å²) in [5.41, 5.74) is 0.982. The molecule has 0 atom stereocenters. The van der Waals surface area contributed by atoms with Crippen LogP contribution in [0.2, 0.25) is 0 Å². The van der Waals surface area contributed by atoms with Gasteiger partial charge < -0.3 is 9.30 Å². The predicted octanol–water partition coefficient (Wildman–Crippen LogP) is 3.76. The van der Waals surface area contributed by atoms with E-state index in [2.05, 4.69) is 20.9 Å². The van der Waals surface area contributed by atoms with E-state index in [1.54, 1.807) is 7.11 Å². The monoisotopic (exact) mass is 435 g/mol. The molecule has 0 spiro atoms. The van der Waals surface area contributed by atoms with Crippen LogP contribution in [-0.2, 0) is 11.3 Å². The lowest BCUT2D eigenvalue weighted by atomic mass is 10.2. The highest BCUT2D eigenvalue weighted by Gasteiger charge is 2.13. The number of carbonyl (C=O) groups excluding carboxylic acids is 1. The smallest absolute Gasteiger partial charge is 0.279 e. The first-order chi connectivity index (χ1) is 12.5. The molecule has 0 N–H and O–H groups in total. The molecule has 0 fully saturated rings. The quantitative estimate of drug-likeness (QED) is 0.450. The number of hydrogen-bond acceptors (Lipinski definition) is 5. The number of nitro benzene ring substituents is 1. The molecule has 0 aliphatic heterocycles. The van der Waals surface area contributed by atoms with Crippen molar-refractivity contribution < 1.29 is 14.5 Å². The number of halogens is 1. The van der Waals surface area contributed by atoms with Crippen molar-refractivity contribution >= 4 is 49.1 Å². The van der Waals surface area contributed by atoms with Crippen LogP contribution < -0.4 is 4.80 Å². The zero-order valence-electron chi connectivity index (χ0n) is 13.7. The van der Waals surface area contributed by atoms with Crippen molar-refractivity contribution in [3.05, 3.63) is 67.4 Å². The van der Waals surface area contributed by atoms with E-state index in [9.17, 15) is 14.9 Å². The highest BCUT2D eigenvalue weighted by molar-refractivity contribution is 9.10. The summed E-state index contributed by atoms with van der Waals surface area (Å²) in [6.07, 6.45) is 0. The summed E-state index contributed by atoms with van der Waals surface area (Å²) in [5.74, 6) is -0.523.